The third kappa shape index (κ3) is 3.16. The van der Waals surface area contributed by atoms with Gasteiger partial charge in [0.1, 0.15) is 11.3 Å². The molecule has 23 heavy (non-hydrogen) atoms. The summed E-state index contributed by atoms with van der Waals surface area (Å²) in [5.74, 6) is -0.278. The Labute approximate surface area is 145 Å². The Morgan fingerprint density at radius 2 is 2.17 bits per heavy atom. The monoisotopic (exact) mass is 391 g/mol. The van der Waals surface area contributed by atoms with E-state index >= 15 is 0 Å². The van der Waals surface area contributed by atoms with Crippen LogP contribution in [-0.2, 0) is 6.54 Å². The molecule has 1 aromatic carbocycles. The number of hydrogen-bond acceptors (Lipinski definition) is 5. The average molecular weight is 392 g/mol. The lowest BCUT2D eigenvalue weighted by molar-refractivity contribution is 0.0952. The predicted molar refractivity (Wildman–Crippen MR) is 94.3 cm³/mol. The molecular weight excluding hydrogens is 378 g/mol. The van der Waals surface area contributed by atoms with Crippen molar-refractivity contribution >= 4 is 39.1 Å². The highest BCUT2D eigenvalue weighted by Crippen LogP contribution is 2.33. The number of anilines is 1. The van der Waals surface area contributed by atoms with Crippen LogP contribution in [0, 0.1) is 6.92 Å². The van der Waals surface area contributed by atoms with Crippen LogP contribution >= 0.6 is 27.3 Å². The molecule has 0 radical (unpaired) electrons. The summed E-state index contributed by atoms with van der Waals surface area (Å²) in [6, 6.07) is 9.67. The van der Waals surface area contributed by atoms with Crippen molar-refractivity contribution in [1.82, 2.24) is 10.5 Å². The van der Waals surface area contributed by atoms with Crippen LogP contribution in [0.25, 0.3) is 10.6 Å². The van der Waals surface area contributed by atoms with Crippen molar-refractivity contribution in [1.29, 1.82) is 0 Å². The van der Waals surface area contributed by atoms with E-state index in [2.05, 4.69) is 26.4 Å². The lowest BCUT2D eigenvalue weighted by Crippen LogP contribution is -2.24. The third-order valence-electron chi connectivity index (χ3n) is 3.42. The summed E-state index contributed by atoms with van der Waals surface area (Å²) in [6.07, 6.45) is 0. The number of amides is 1. The fourth-order valence-electron chi connectivity index (χ4n) is 2.20. The summed E-state index contributed by atoms with van der Waals surface area (Å²) in [4.78, 5) is 13.4. The summed E-state index contributed by atoms with van der Waals surface area (Å²) in [5.41, 5.74) is 8.58. The second-order valence-corrected chi connectivity index (χ2v) is 6.75. The molecule has 118 valence electrons. The topological polar surface area (TPSA) is 81.2 Å². The van der Waals surface area contributed by atoms with Gasteiger partial charge in [-0.2, -0.15) is 0 Å². The number of carbonyl (C=O) groups is 1. The number of halogens is 1. The molecule has 7 heteroatoms. The summed E-state index contributed by atoms with van der Waals surface area (Å²) in [5, 5.41) is 8.76. The van der Waals surface area contributed by atoms with Crippen molar-refractivity contribution in [3.05, 3.63) is 56.9 Å². The molecule has 3 aromatic rings. The quantitative estimate of drug-likeness (QED) is 0.704. The Morgan fingerprint density at radius 1 is 1.39 bits per heavy atom. The zero-order valence-corrected chi connectivity index (χ0v) is 14.7. The van der Waals surface area contributed by atoms with Gasteiger partial charge in [0.15, 0.2) is 0 Å². The molecule has 3 rings (SSSR count). The van der Waals surface area contributed by atoms with Gasteiger partial charge in [-0.05, 0) is 35.6 Å². The van der Waals surface area contributed by atoms with E-state index in [-0.39, 0.29) is 17.4 Å². The molecule has 0 saturated carbocycles. The fraction of sp³-hybridized carbons (Fsp3) is 0.125. The standard InChI is InChI=1S/C16H14BrN3O2S/c1-9-6-7-23-14(9)13-12(15(18)22-20-13)16(21)19-8-10-4-2-3-5-11(10)17/h2-7H,8,18H2,1H3,(H,19,21). The minimum Gasteiger partial charge on any atom is -0.367 e. The molecule has 1 amide bonds. The number of nitrogen functional groups attached to an aromatic ring is 1. The normalized spacial score (nSPS) is 10.7. The molecule has 2 heterocycles. The van der Waals surface area contributed by atoms with Gasteiger partial charge in [0.05, 0.1) is 4.88 Å². The Kier molecular flexibility index (Phi) is 4.49. The molecule has 5 nitrogen and oxygen atoms in total. The molecule has 2 aromatic heterocycles. The van der Waals surface area contributed by atoms with Crippen LogP contribution in [0.5, 0.6) is 0 Å². The Balaban J connectivity index is 1.85. The highest BCUT2D eigenvalue weighted by molar-refractivity contribution is 9.10. The van der Waals surface area contributed by atoms with Crippen molar-refractivity contribution in [2.75, 3.05) is 5.73 Å². The highest BCUT2D eigenvalue weighted by Gasteiger charge is 2.24. The van der Waals surface area contributed by atoms with E-state index in [1.54, 1.807) is 0 Å². The fourth-order valence-corrected chi connectivity index (χ4v) is 3.54. The van der Waals surface area contributed by atoms with Crippen molar-refractivity contribution in [3.63, 3.8) is 0 Å². The summed E-state index contributed by atoms with van der Waals surface area (Å²) >= 11 is 4.96. The number of hydrogen-bond donors (Lipinski definition) is 2. The van der Waals surface area contributed by atoms with Gasteiger partial charge >= 0.3 is 0 Å². The smallest absolute Gasteiger partial charge is 0.259 e. The molecule has 0 spiro atoms. The number of nitrogens with one attached hydrogen (secondary N) is 1. The number of nitrogens with zero attached hydrogens (tertiary/aromatic N) is 1. The van der Waals surface area contributed by atoms with E-state index in [0.717, 1.165) is 20.5 Å². The van der Waals surface area contributed by atoms with Crippen LogP contribution in [0.3, 0.4) is 0 Å². The lowest BCUT2D eigenvalue weighted by Gasteiger charge is -2.07. The van der Waals surface area contributed by atoms with Gasteiger partial charge in [0.25, 0.3) is 5.91 Å². The van der Waals surface area contributed by atoms with Gasteiger partial charge in [0, 0.05) is 11.0 Å². The van der Waals surface area contributed by atoms with E-state index in [0.29, 0.717) is 12.2 Å². The molecule has 0 fully saturated rings. The first-order valence-corrected chi connectivity index (χ1v) is 8.56. The molecule has 0 unspecified atom stereocenters. The largest absolute Gasteiger partial charge is 0.367 e. The van der Waals surface area contributed by atoms with Crippen LogP contribution in [0.1, 0.15) is 21.5 Å². The van der Waals surface area contributed by atoms with Crippen LogP contribution in [0.2, 0.25) is 0 Å². The van der Waals surface area contributed by atoms with E-state index in [1.807, 2.05) is 42.6 Å². The first-order chi connectivity index (χ1) is 11.1. The molecular formula is C16H14BrN3O2S. The molecule has 0 aliphatic carbocycles. The zero-order valence-electron chi connectivity index (χ0n) is 12.3. The summed E-state index contributed by atoms with van der Waals surface area (Å²) in [7, 11) is 0. The van der Waals surface area contributed by atoms with Gasteiger partial charge in [-0.15, -0.1) is 11.3 Å². The number of aryl methyl sites for hydroxylation is 1. The van der Waals surface area contributed by atoms with Crippen LogP contribution in [0.4, 0.5) is 5.88 Å². The zero-order chi connectivity index (χ0) is 16.4. The Hall–Kier alpha value is -2.12. The number of benzene rings is 1. The lowest BCUT2D eigenvalue weighted by atomic mass is 10.1. The van der Waals surface area contributed by atoms with E-state index in [4.69, 9.17) is 10.3 Å². The molecule has 3 N–H and O–H groups in total. The summed E-state index contributed by atoms with van der Waals surface area (Å²) < 4.78 is 5.97. The van der Waals surface area contributed by atoms with E-state index < -0.39 is 0 Å². The molecule has 0 aliphatic heterocycles. The maximum absolute atomic E-state index is 12.5. The van der Waals surface area contributed by atoms with Crippen molar-refractivity contribution in [3.8, 4) is 10.6 Å². The van der Waals surface area contributed by atoms with Gasteiger partial charge in [-0.1, -0.05) is 39.3 Å². The van der Waals surface area contributed by atoms with Gasteiger partial charge < -0.3 is 15.6 Å². The van der Waals surface area contributed by atoms with Crippen LogP contribution in [-0.4, -0.2) is 11.1 Å². The number of carbonyl (C=O) groups excluding carboxylic acids is 1. The number of nitrogens with two attached hydrogens (primary N) is 1. The predicted octanol–water partition coefficient (Wildman–Crippen LogP) is 3.99. The number of aromatic nitrogens is 1. The van der Waals surface area contributed by atoms with E-state index in [1.165, 1.54) is 11.3 Å². The second kappa shape index (κ2) is 6.55. The van der Waals surface area contributed by atoms with Crippen molar-refractivity contribution in [2.45, 2.75) is 13.5 Å². The molecule has 0 bridgehead atoms. The first-order valence-electron chi connectivity index (χ1n) is 6.89. The van der Waals surface area contributed by atoms with Crippen molar-refractivity contribution < 1.29 is 9.32 Å². The Bertz CT molecular complexity index is 857. The van der Waals surface area contributed by atoms with Gasteiger partial charge in [-0.3, -0.25) is 4.79 Å². The van der Waals surface area contributed by atoms with Crippen LogP contribution < -0.4 is 11.1 Å². The van der Waals surface area contributed by atoms with Crippen molar-refractivity contribution in [2.24, 2.45) is 0 Å². The summed E-state index contributed by atoms with van der Waals surface area (Å²) in [6.45, 7) is 2.34. The molecule has 0 atom stereocenters. The third-order valence-corrected chi connectivity index (χ3v) is 5.22. The number of rotatable bonds is 4. The molecule has 0 saturated heterocycles. The van der Waals surface area contributed by atoms with Crippen LogP contribution in [0.15, 0.2) is 44.7 Å². The number of thiophene rings is 1. The maximum atomic E-state index is 12.5. The van der Waals surface area contributed by atoms with E-state index in [9.17, 15) is 4.79 Å². The highest BCUT2D eigenvalue weighted by atomic mass is 79.9. The Morgan fingerprint density at radius 3 is 2.87 bits per heavy atom. The SMILES string of the molecule is Cc1ccsc1-c1noc(N)c1C(=O)NCc1ccccc1Br. The maximum Gasteiger partial charge on any atom is 0.259 e. The first kappa shape index (κ1) is 15.8. The minimum atomic E-state index is -0.303. The van der Waals surface area contributed by atoms with Gasteiger partial charge in [-0.25, -0.2) is 0 Å². The molecule has 0 aliphatic rings. The minimum absolute atomic E-state index is 0.0254. The average Bonchev–Trinajstić information content (AvgIpc) is 3.11. The second-order valence-electron chi connectivity index (χ2n) is 4.98. The van der Waals surface area contributed by atoms with Gasteiger partial charge in [0.2, 0.25) is 5.88 Å².